The van der Waals surface area contributed by atoms with Crippen molar-refractivity contribution < 1.29 is 4.74 Å². The standard InChI is InChI=1S/C25H24O/c1-17-16-18(2)22-13-15-25(4,26-24(22)19(17)3)14-12-21-10-7-9-20-8-5-6-11-23(20)21/h5-11,16H,13,15H2,1-4H3. The van der Waals surface area contributed by atoms with Gasteiger partial charge in [0.05, 0.1) is 0 Å². The van der Waals surface area contributed by atoms with Gasteiger partial charge in [-0.3, -0.25) is 0 Å². The van der Waals surface area contributed by atoms with Gasteiger partial charge >= 0.3 is 0 Å². The first-order chi connectivity index (χ1) is 12.5. The average Bonchev–Trinajstić information content (AvgIpc) is 2.64. The van der Waals surface area contributed by atoms with E-state index >= 15 is 0 Å². The number of fused-ring (bicyclic) bond motifs is 2. The lowest BCUT2D eigenvalue weighted by Gasteiger charge is -2.34. The van der Waals surface area contributed by atoms with E-state index in [2.05, 4.69) is 88.1 Å². The normalized spacial score (nSPS) is 18.6. The third kappa shape index (κ3) is 2.86. The summed E-state index contributed by atoms with van der Waals surface area (Å²) in [6.07, 6.45) is 1.93. The molecule has 0 amide bonds. The molecule has 3 aromatic rings. The summed E-state index contributed by atoms with van der Waals surface area (Å²) in [6, 6.07) is 17.0. The molecule has 0 saturated heterocycles. The third-order valence-corrected chi connectivity index (χ3v) is 5.55. The summed E-state index contributed by atoms with van der Waals surface area (Å²) in [7, 11) is 0. The first-order valence-electron chi connectivity index (χ1n) is 9.26. The lowest BCUT2D eigenvalue weighted by Crippen LogP contribution is -2.35. The fraction of sp³-hybridized carbons (Fsp3) is 0.280. The number of aryl methyl sites for hydroxylation is 2. The van der Waals surface area contributed by atoms with Crippen molar-refractivity contribution in [2.24, 2.45) is 0 Å². The lowest BCUT2D eigenvalue weighted by molar-refractivity contribution is 0.123. The Balaban J connectivity index is 1.73. The summed E-state index contributed by atoms with van der Waals surface area (Å²) >= 11 is 0. The van der Waals surface area contributed by atoms with Crippen molar-refractivity contribution in [2.45, 2.75) is 46.1 Å². The minimum atomic E-state index is -0.449. The zero-order chi connectivity index (χ0) is 18.3. The van der Waals surface area contributed by atoms with Gasteiger partial charge < -0.3 is 4.74 Å². The first-order valence-corrected chi connectivity index (χ1v) is 9.26. The minimum Gasteiger partial charge on any atom is -0.474 e. The van der Waals surface area contributed by atoms with E-state index in [1.807, 2.05) is 0 Å². The Bertz CT molecular complexity index is 1060. The van der Waals surface area contributed by atoms with Crippen LogP contribution in [0.2, 0.25) is 0 Å². The summed E-state index contributed by atoms with van der Waals surface area (Å²) in [6.45, 7) is 8.60. The summed E-state index contributed by atoms with van der Waals surface area (Å²) < 4.78 is 6.47. The van der Waals surface area contributed by atoms with Crippen molar-refractivity contribution in [1.29, 1.82) is 0 Å². The van der Waals surface area contributed by atoms with Gasteiger partial charge in [-0.2, -0.15) is 0 Å². The highest BCUT2D eigenvalue weighted by molar-refractivity contribution is 5.88. The fourth-order valence-corrected chi connectivity index (χ4v) is 3.82. The minimum absolute atomic E-state index is 0.449. The second-order valence-corrected chi connectivity index (χ2v) is 7.55. The molecule has 0 fully saturated rings. The fourth-order valence-electron chi connectivity index (χ4n) is 3.82. The van der Waals surface area contributed by atoms with Crippen molar-refractivity contribution in [3.05, 3.63) is 76.3 Å². The van der Waals surface area contributed by atoms with E-state index in [4.69, 9.17) is 4.74 Å². The molecule has 0 spiro atoms. The van der Waals surface area contributed by atoms with Crippen molar-refractivity contribution in [2.75, 3.05) is 0 Å². The van der Waals surface area contributed by atoms with Crippen molar-refractivity contribution in [3.8, 4) is 17.6 Å². The van der Waals surface area contributed by atoms with Crippen LogP contribution >= 0.6 is 0 Å². The average molecular weight is 340 g/mol. The maximum absolute atomic E-state index is 6.47. The number of hydrogen-bond donors (Lipinski definition) is 0. The summed E-state index contributed by atoms with van der Waals surface area (Å²) in [4.78, 5) is 0. The van der Waals surface area contributed by atoms with Gasteiger partial charge in [0.15, 0.2) is 5.60 Å². The Labute approximate surface area is 156 Å². The molecular formula is C25H24O. The van der Waals surface area contributed by atoms with Crippen LogP contribution in [0.5, 0.6) is 5.75 Å². The van der Waals surface area contributed by atoms with Crippen molar-refractivity contribution in [3.63, 3.8) is 0 Å². The molecule has 1 aliphatic rings. The molecule has 0 saturated carbocycles. The van der Waals surface area contributed by atoms with Crippen LogP contribution in [0.25, 0.3) is 10.8 Å². The monoisotopic (exact) mass is 340 g/mol. The van der Waals surface area contributed by atoms with Gasteiger partial charge in [0, 0.05) is 12.0 Å². The summed E-state index contributed by atoms with van der Waals surface area (Å²) in [5.41, 5.74) is 5.81. The van der Waals surface area contributed by atoms with Crippen LogP contribution in [0, 0.1) is 32.6 Å². The van der Waals surface area contributed by atoms with Crippen LogP contribution in [-0.2, 0) is 6.42 Å². The molecule has 0 radical (unpaired) electrons. The van der Waals surface area contributed by atoms with Gasteiger partial charge in [-0.15, -0.1) is 0 Å². The van der Waals surface area contributed by atoms with Gasteiger partial charge in [-0.25, -0.2) is 0 Å². The number of hydrogen-bond acceptors (Lipinski definition) is 1. The molecule has 1 nitrogen and oxygen atoms in total. The topological polar surface area (TPSA) is 9.23 Å². The van der Waals surface area contributed by atoms with Crippen molar-refractivity contribution in [1.82, 2.24) is 0 Å². The highest BCUT2D eigenvalue weighted by Crippen LogP contribution is 2.38. The molecule has 4 rings (SSSR count). The molecule has 1 unspecified atom stereocenters. The molecule has 0 aliphatic carbocycles. The number of rotatable bonds is 0. The predicted octanol–water partition coefficient (Wildman–Crippen LogP) is 5.90. The highest BCUT2D eigenvalue weighted by atomic mass is 16.5. The van der Waals surface area contributed by atoms with Crippen LogP contribution in [0.4, 0.5) is 0 Å². The molecule has 0 bridgehead atoms. The molecule has 26 heavy (non-hydrogen) atoms. The molecule has 0 aromatic heterocycles. The van der Waals surface area contributed by atoms with Crippen LogP contribution in [-0.4, -0.2) is 5.60 Å². The zero-order valence-electron chi connectivity index (χ0n) is 15.9. The largest absolute Gasteiger partial charge is 0.474 e. The van der Waals surface area contributed by atoms with Gasteiger partial charge in [-0.1, -0.05) is 54.3 Å². The van der Waals surface area contributed by atoms with E-state index in [-0.39, 0.29) is 0 Å². The van der Waals surface area contributed by atoms with Crippen LogP contribution < -0.4 is 4.74 Å². The molecule has 1 aliphatic heterocycles. The molecule has 1 heterocycles. The molecule has 0 N–H and O–H groups in total. The molecular weight excluding hydrogens is 316 g/mol. The molecule has 3 aromatic carbocycles. The van der Waals surface area contributed by atoms with Crippen LogP contribution in [0.1, 0.15) is 41.2 Å². The van der Waals surface area contributed by atoms with Gasteiger partial charge in [0.25, 0.3) is 0 Å². The second-order valence-electron chi connectivity index (χ2n) is 7.55. The van der Waals surface area contributed by atoms with Gasteiger partial charge in [-0.05, 0) is 73.2 Å². The first kappa shape index (κ1) is 16.7. The Kier molecular flexibility index (Phi) is 4.00. The SMILES string of the molecule is Cc1cc(C)c2c(c1C)OC(C)(C#Cc1cccc3ccccc13)CC2. The van der Waals surface area contributed by atoms with Gasteiger partial charge in [0.2, 0.25) is 0 Å². The molecule has 1 atom stereocenters. The Morgan fingerprint density at radius 2 is 1.73 bits per heavy atom. The van der Waals surface area contributed by atoms with E-state index in [1.54, 1.807) is 0 Å². The molecule has 1 heteroatoms. The number of ether oxygens (including phenoxy) is 1. The van der Waals surface area contributed by atoms with Crippen molar-refractivity contribution >= 4 is 10.8 Å². The number of benzene rings is 3. The Hall–Kier alpha value is -2.72. The van der Waals surface area contributed by atoms with Crippen LogP contribution in [0.15, 0.2) is 48.5 Å². The zero-order valence-corrected chi connectivity index (χ0v) is 15.9. The Morgan fingerprint density at radius 3 is 2.58 bits per heavy atom. The van der Waals surface area contributed by atoms with Gasteiger partial charge in [0.1, 0.15) is 5.75 Å². The summed E-state index contributed by atoms with van der Waals surface area (Å²) in [5.74, 6) is 7.89. The predicted molar refractivity (Wildman–Crippen MR) is 109 cm³/mol. The van der Waals surface area contributed by atoms with E-state index < -0.39 is 5.60 Å². The molecule has 130 valence electrons. The second kappa shape index (κ2) is 6.22. The van der Waals surface area contributed by atoms with E-state index in [0.29, 0.717) is 0 Å². The summed E-state index contributed by atoms with van der Waals surface area (Å²) in [5, 5.41) is 2.42. The van der Waals surface area contributed by atoms with E-state index in [0.717, 1.165) is 24.2 Å². The smallest absolute Gasteiger partial charge is 0.167 e. The highest BCUT2D eigenvalue weighted by Gasteiger charge is 2.32. The van der Waals surface area contributed by atoms with E-state index in [9.17, 15) is 0 Å². The lowest BCUT2D eigenvalue weighted by atomic mass is 9.88. The van der Waals surface area contributed by atoms with Crippen LogP contribution in [0.3, 0.4) is 0 Å². The quantitative estimate of drug-likeness (QED) is 0.463. The Morgan fingerprint density at radius 1 is 0.962 bits per heavy atom. The third-order valence-electron chi connectivity index (χ3n) is 5.55. The maximum atomic E-state index is 6.47. The van der Waals surface area contributed by atoms with E-state index in [1.165, 1.54) is 33.0 Å². The maximum Gasteiger partial charge on any atom is 0.167 e.